The second kappa shape index (κ2) is 8.91. The molecular formula is C21H29N5O2. The van der Waals surface area contributed by atoms with E-state index in [1.165, 1.54) is 5.56 Å². The molecule has 3 amide bonds. The van der Waals surface area contributed by atoms with Gasteiger partial charge in [0.25, 0.3) is 0 Å². The molecule has 150 valence electrons. The van der Waals surface area contributed by atoms with Gasteiger partial charge in [-0.15, -0.1) is 0 Å². The van der Waals surface area contributed by atoms with Crippen LogP contribution in [0, 0.1) is 13.8 Å². The second-order valence-electron chi connectivity index (χ2n) is 7.55. The summed E-state index contributed by atoms with van der Waals surface area (Å²) in [5.74, 6) is 0.0858. The molecule has 1 aliphatic heterocycles. The van der Waals surface area contributed by atoms with Crippen LogP contribution in [0.3, 0.4) is 0 Å². The summed E-state index contributed by atoms with van der Waals surface area (Å²) in [6.07, 6.45) is 2.12. The molecule has 1 aromatic heterocycles. The fourth-order valence-electron chi connectivity index (χ4n) is 3.65. The van der Waals surface area contributed by atoms with Crippen molar-refractivity contribution in [2.24, 2.45) is 0 Å². The summed E-state index contributed by atoms with van der Waals surface area (Å²) in [6.45, 7) is 5.81. The van der Waals surface area contributed by atoms with Gasteiger partial charge in [0, 0.05) is 38.8 Å². The lowest BCUT2D eigenvalue weighted by molar-refractivity contribution is -0.128. The molecule has 0 radical (unpaired) electrons. The van der Waals surface area contributed by atoms with E-state index in [0.29, 0.717) is 26.1 Å². The molecule has 1 aromatic carbocycles. The lowest BCUT2D eigenvalue weighted by Gasteiger charge is -2.21. The first-order valence-corrected chi connectivity index (χ1v) is 9.78. The minimum absolute atomic E-state index is 0.0858. The number of carbonyl (C=O) groups excluding carboxylic acids is 2. The zero-order valence-electron chi connectivity index (χ0n) is 16.9. The fourth-order valence-corrected chi connectivity index (χ4v) is 3.65. The minimum Gasteiger partial charge on any atom is -0.336 e. The van der Waals surface area contributed by atoms with Crippen molar-refractivity contribution in [2.75, 3.05) is 20.1 Å². The molecule has 1 saturated heterocycles. The number of amides is 3. The number of hydrogen-bond donors (Lipinski definition) is 2. The van der Waals surface area contributed by atoms with Crippen molar-refractivity contribution >= 4 is 11.9 Å². The Morgan fingerprint density at radius 2 is 2.07 bits per heavy atom. The van der Waals surface area contributed by atoms with E-state index >= 15 is 0 Å². The number of aromatic nitrogens is 2. The minimum atomic E-state index is -0.135. The lowest BCUT2D eigenvalue weighted by atomic mass is 10.1. The molecule has 3 rings (SSSR count). The summed E-state index contributed by atoms with van der Waals surface area (Å²) in [6, 6.07) is 9.66. The Balaban J connectivity index is 1.43. The number of nitrogens with one attached hydrogen (secondary N) is 2. The molecule has 1 atom stereocenters. The molecule has 2 heterocycles. The van der Waals surface area contributed by atoms with E-state index < -0.39 is 0 Å². The molecule has 0 spiro atoms. The summed E-state index contributed by atoms with van der Waals surface area (Å²) in [7, 11) is 1.79. The van der Waals surface area contributed by atoms with Crippen molar-refractivity contribution in [3.8, 4) is 0 Å². The first-order chi connectivity index (χ1) is 13.4. The predicted molar refractivity (Wildman–Crippen MR) is 108 cm³/mol. The van der Waals surface area contributed by atoms with Crippen LogP contribution in [0.1, 0.15) is 35.4 Å². The van der Waals surface area contributed by atoms with E-state index in [2.05, 4.69) is 15.5 Å². The first kappa shape index (κ1) is 19.9. The molecule has 0 unspecified atom stereocenters. The van der Waals surface area contributed by atoms with Crippen molar-refractivity contribution in [1.82, 2.24) is 25.3 Å². The number of urea groups is 1. The summed E-state index contributed by atoms with van der Waals surface area (Å²) in [5, 5.41) is 10.2. The number of nitrogens with zero attached hydrogens (tertiary/aromatic N) is 3. The van der Waals surface area contributed by atoms with Crippen LogP contribution >= 0.6 is 0 Å². The molecule has 2 aromatic rings. The number of benzene rings is 1. The third-order valence-corrected chi connectivity index (χ3v) is 5.31. The zero-order chi connectivity index (χ0) is 20.1. The monoisotopic (exact) mass is 383 g/mol. The average Bonchev–Trinajstić information content (AvgIpc) is 3.18. The largest absolute Gasteiger partial charge is 0.336 e. The number of aromatic amines is 1. The van der Waals surface area contributed by atoms with Gasteiger partial charge in [0.15, 0.2) is 0 Å². The van der Waals surface area contributed by atoms with Gasteiger partial charge < -0.3 is 15.1 Å². The molecule has 7 heteroatoms. The predicted octanol–water partition coefficient (Wildman–Crippen LogP) is 2.40. The number of likely N-dealkylation sites (tertiary alicyclic amines) is 1. The van der Waals surface area contributed by atoms with Gasteiger partial charge in [0.2, 0.25) is 5.91 Å². The van der Waals surface area contributed by atoms with Gasteiger partial charge in [0.1, 0.15) is 0 Å². The summed E-state index contributed by atoms with van der Waals surface area (Å²) in [4.78, 5) is 28.2. The molecular weight excluding hydrogens is 354 g/mol. The summed E-state index contributed by atoms with van der Waals surface area (Å²) < 4.78 is 0. The number of rotatable bonds is 7. The van der Waals surface area contributed by atoms with Crippen molar-refractivity contribution < 1.29 is 9.59 Å². The fraction of sp³-hybridized carbons (Fsp3) is 0.476. The van der Waals surface area contributed by atoms with E-state index in [4.69, 9.17) is 0 Å². The van der Waals surface area contributed by atoms with E-state index in [1.807, 2.05) is 49.1 Å². The van der Waals surface area contributed by atoms with Crippen LogP contribution in [0.4, 0.5) is 4.79 Å². The topological polar surface area (TPSA) is 81.3 Å². The third-order valence-electron chi connectivity index (χ3n) is 5.31. The average molecular weight is 383 g/mol. The van der Waals surface area contributed by atoms with Gasteiger partial charge in [0.05, 0.1) is 11.7 Å². The van der Waals surface area contributed by atoms with Crippen LogP contribution in [0.15, 0.2) is 30.3 Å². The smallest absolute Gasteiger partial charge is 0.317 e. The van der Waals surface area contributed by atoms with Crippen LogP contribution in [0.25, 0.3) is 0 Å². The molecule has 28 heavy (non-hydrogen) atoms. The van der Waals surface area contributed by atoms with Gasteiger partial charge in [-0.3, -0.25) is 9.89 Å². The van der Waals surface area contributed by atoms with Crippen molar-refractivity contribution in [3.63, 3.8) is 0 Å². The Morgan fingerprint density at radius 1 is 1.32 bits per heavy atom. The maximum atomic E-state index is 12.5. The maximum Gasteiger partial charge on any atom is 0.317 e. The number of aryl methyl sites for hydroxylation is 2. The second-order valence-corrected chi connectivity index (χ2v) is 7.55. The normalized spacial score (nSPS) is 16.5. The highest BCUT2D eigenvalue weighted by molar-refractivity contribution is 5.81. The van der Waals surface area contributed by atoms with Crippen LogP contribution in [-0.4, -0.2) is 58.1 Å². The third kappa shape index (κ3) is 4.91. The molecule has 0 bridgehead atoms. The highest BCUT2D eigenvalue weighted by Gasteiger charge is 2.31. The maximum absolute atomic E-state index is 12.5. The van der Waals surface area contributed by atoms with Crippen molar-refractivity contribution in [1.29, 1.82) is 0 Å². The van der Waals surface area contributed by atoms with Gasteiger partial charge >= 0.3 is 6.03 Å². The standard InChI is InChI=1S/C21H29N5O2/c1-15-19(16(2)24-23-15)10-7-11-25(3)21(28)22-18-12-20(27)26(14-18)13-17-8-5-4-6-9-17/h4-6,8-9,18H,7,10-14H2,1-3H3,(H,22,28)(H,23,24)/t18-/m1/s1. The highest BCUT2D eigenvalue weighted by atomic mass is 16.2. The van der Waals surface area contributed by atoms with Gasteiger partial charge in [-0.2, -0.15) is 5.10 Å². The van der Waals surface area contributed by atoms with Gasteiger partial charge in [-0.25, -0.2) is 4.79 Å². The van der Waals surface area contributed by atoms with Crippen molar-refractivity contribution in [2.45, 2.75) is 45.7 Å². The summed E-state index contributed by atoms with van der Waals surface area (Å²) >= 11 is 0. The number of H-pyrrole nitrogens is 1. The molecule has 0 saturated carbocycles. The SMILES string of the molecule is Cc1n[nH]c(C)c1CCCN(C)C(=O)N[C@@H]1CC(=O)N(Cc2ccccc2)C1. The van der Waals surface area contributed by atoms with Gasteiger partial charge in [-0.05, 0) is 37.8 Å². The van der Waals surface area contributed by atoms with Crippen LogP contribution in [0.5, 0.6) is 0 Å². The van der Waals surface area contributed by atoms with Gasteiger partial charge in [-0.1, -0.05) is 30.3 Å². The molecule has 7 nitrogen and oxygen atoms in total. The van der Waals surface area contributed by atoms with E-state index in [0.717, 1.165) is 29.8 Å². The number of hydrogen-bond acceptors (Lipinski definition) is 3. The molecule has 1 aliphatic rings. The highest BCUT2D eigenvalue weighted by Crippen LogP contribution is 2.16. The Bertz CT molecular complexity index is 798. The molecule has 0 aliphatic carbocycles. The Labute approximate surface area is 166 Å². The van der Waals surface area contributed by atoms with Crippen LogP contribution in [0.2, 0.25) is 0 Å². The van der Waals surface area contributed by atoms with E-state index in [-0.39, 0.29) is 18.0 Å². The zero-order valence-corrected chi connectivity index (χ0v) is 16.9. The van der Waals surface area contributed by atoms with Crippen LogP contribution < -0.4 is 5.32 Å². The van der Waals surface area contributed by atoms with Crippen LogP contribution in [-0.2, 0) is 17.8 Å². The molecule has 1 fully saturated rings. The Morgan fingerprint density at radius 3 is 2.75 bits per heavy atom. The first-order valence-electron chi connectivity index (χ1n) is 9.78. The molecule has 2 N–H and O–H groups in total. The summed E-state index contributed by atoms with van der Waals surface area (Å²) in [5.41, 5.74) is 4.44. The van der Waals surface area contributed by atoms with E-state index in [9.17, 15) is 9.59 Å². The van der Waals surface area contributed by atoms with Crippen molar-refractivity contribution in [3.05, 3.63) is 52.8 Å². The Kier molecular flexibility index (Phi) is 6.34. The quantitative estimate of drug-likeness (QED) is 0.770. The van der Waals surface area contributed by atoms with E-state index in [1.54, 1.807) is 11.9 Å². The lowest BCUT2D eigenvalue weighted by Crippen LogP contribution is -2.44. The Hall–Kier alpha value is -2.83. The number of carbonyl (C=O) groups is 2.